The Hall–Kier alpha value is -2.12. The summed E-state index contributed by atoms with van der Waals surface area (Å²) in [7, 11) is 0. The maximum absolute atomic E-state index is 12.7. The van der Waals surface area contributed by atoms with Crippen molar-refractivity contribution < 1.29 is 23.8 Å². The molecule has 1 aromatic rings. The Kier molecular flexibility index (Phi) is 7.21. The summed E-state index contributed by atoms with van der Waals surface area (Å²) in [6.45, 7) is 8.69. The quantitative estimate of drug-likeness (QED) is 0.761. The first-order valence-electron chi connectivity index (χ1n) is 9.26. The van der Waals surface area contributed by atoms with Gasteiger partial charge in [-0.1, -0.05) is 30.3 Å². The lowest BCUT2D eigenvalue weighted by Crippen LogP contribution is -2.50. The van der Waals surface area contributed by atoms with E-state index < -0.39 is 23.5 Å². The van der Waals surface area contributed by atoms with Crippen LogP contribution < -0.4 is 10.6 Å². The highest BCUT2D eigenvalue weighted by Gasteiger charge is 2.31. The Morgan fingerprint density at radius 2 is 1.81 bits per heavy atom. The van der Waals surface area contributed by atoms with Gasteiger partial charge in [0.1, 0.15) is 11.6 Å². The minimum atomic E-state index is -0.736. The highest BCUT2D eigenvalue weighted by atomic mass is 16.7. The maximum Gasteiger partial charge on any atom is 0.408 e. The average Bonchev–Trinajstić information content (AvgIpc) is 3.00. The van der Waals surface area contributed by atoms with Crippen LogP contribution in [0.15, 0.2) is 30.3 Å². The molecule has 2 rings (SSSR count). The summed E-state index contributed by atoms with van der Waals surface area (Å²) in [6, 6.07) is 8.79. The van der Waals surface area contributed by atoms with Gasteiger partial charge in [-0.05, 0) is 33.3 Å². The first kappa shape index (κ1) is 21.2. The van der Waals surface area contributed by atoms with Crippen LogP contribution in [0.25, 0.3) is 0 Å². The minimum Gasteiger partial charge on any atom is -0.444 e. The molecule has 150 valence electrons. The van der Waals surface area contributed by atoms with Crippen molar-refractivity contribution in [1.29, 1.82) is 0 Å². The first-order chi connectivity index (χ1) is 12.7. The van der Waals surface area contributed by atoms with Gasteiger partial charge in [-0.2, -0.15) is 0 Å². The van der Waals surface area contributed by atoms with Crippen molar-refractivity contribution in [2.24, 2.45) is 0 Å². The lowest BCUT2D eigenvalue weighted by atomic mass is 10.1. The van der Waals surface area contributed by atoms with Crippen LogP contribution in [0.5, 0.6) is 0 Å². The highest BCUT2D eigenvalue weighted by Crippen LogP contribution is 2.21. The van der Waals surface area contributed by atoms with Gasteiger partial charge in [0.15, 0.2) is 5.79 Å². The van der Waals surface area contributed by atoms with E-state index in [0.29, 0.717) is 32.6 Å². The van der Waals surface area contributed by atoms with Crippen molar-refractivity contribution in [3.63, 3.8) is 0 Å². The molecule has 1 aliphatic rings. The molecule has 0 aliphatic carbocycles. The number of hydrogen-bond acceptors (Lipinski definition) is 5. The standard InChI is InChI=1S/C20H30N2O5/c1-19(2,3)27-18(24)22-16(14-15-8-6-5-7-9-15)17(23)21-11-10-20(4)25-12-13-26-20/h5-9,16H,10-14H2,1-4H3,(H,21,23)(H,22,24). The molecule has 2 N–H and O–H groups in total. The van der Waals surface area contributed by atoms with Crippen LogP contribution >= 0.6 is 0 Å². The number of rotatable bonds is 7. The first-order valence-corrected chi connectivity index (χ1v) is 9.26. The molecule has 1 aliphatic heterocycles. The summed E-state index contributed by atoms with van der Waals surface area (Å²) in [5.74, 6) is -0.938. The third kappa shape index (κ3) is 7.56. The van der Waals surface area contributed by atoms with Crippen molar-refractivity contribution in [1.82, 2.24) is 10.6 Å². The highest BCUT2D eigenvalue weighted by molar-refractivity contribution is 5.86. The van der Waals surface area contributed by atoms with Crippen molar-refractivity contribution in [2.75, 3.05) is 19.8 Å². The van der Waals surface area contributed by atoms with E-state index >= 15 is 0 Å². The molecular formula is C20H30N2O5. The predicted octanol–water partition coefficient (Wildman–Crippen LogP) is 2.39. The van der Waals surface area contributed by atoms with Gasteiger partial charge in [-0.15, -0.1) is 0 Å². The Labute approximate surface area is 160 Å². The second-order valence-corrected chi connectivity index (χ2v) is 7.76. The molecule has 1 unspecified atom stereocenters. The second kappa shape index (κ2) is 9.19. The number of benzene rings is 1. The molecule has 1 heterocycles. The molecule has 0 spiro atoms. The van der Waals surface area contributed by atoms with Gasteiger partial charge in [0.25, 0.3) is 0 Å². The van der Waals surface area contributed by atoms with E-state index in [1.807, 2.05) is 37.3 Å². The topological polar surface area (TPSA) is 85.9 Å². The van der Waals surface area contributed by atoms with Gasteiger partial charge in [-0.25, -0.2) is 4.79 Å². The Balaban J connectivity index is 1.94. The average molecular weight is 378 g/mol. The van der Waals surface area contributed by atoms with Crippen LogP contribution in [-0.4, -0.2) is 49.2 Å². The monoisotopic (exact) mass is 378 g/mol. The normalized spacial score (nSPS) is 17.2. The van der Waals surface area contributed by atoms with Crippen molar-refractivity contribution in [3.05, 3.63) is 35.9 Å². The van der Waals surface area contributed by atoms with Crippen LogP contribution in [0.2, 0.25) is 0 Å². The number of nitrogens with one attached hydrogen (secondary N) is 2. The van der Waals surface area contributed by atoms with Gasteiger partial charge in [-0.3, -0.25) is 4.79 Å². The minimum absolute atomic E-state index is 0.272. The van der Waals surface area contributed by atoms with Crippen LogP contribution in [0.4, 0.5) is 4.79 Å². The van der Waals surface area contributed by atoms with Gasteiger partial charge in [0.05, 0.1) is 13.2 Å². The van der Waals surface area contributed by atoms with E-state index in [2.05, 4.69) is 10.6 Å². The van der Waals surface area contributed by atoms with Crippen molar-refractivity contribution in [3.8, 4) is 0 Å². The number of carbonyl (C=O) groups is 2. The van der Waals surface area contributed by atoms with E-state index in [4.69, 9.17) is 14.2 Å². The van der Waals surface area contributed by atoms with E-state index in [1.165, 1.54) is 0 Å². The Morgan fingerprint density at radius 3 is 2.41 bits per heavy atom. The van der Waals surface area contributed by atoms with Gasteiger partial charge in [0.2, 0.25) is 5.91 Å². The third-order valence-corrected chi connectivity index (χ3v) is 4.07. The summed E-state index contributed by atoms with van der Waals surface area (Å²) >= 11 is 0. The maximum atomic E-state index is 12.7. The number of alkyl carbamates (subject to hydrolysis) is 1. The zero-order chi connectivity index (χ0) is 19.9. The number of amides is 2. The summed E-state index contributed by atoms with van der Waals surface area (Å²) in [6.07, 6.45) is 0.285. The van der Waals surface area contributed by atoms with Crippen LogP contribution in [0.1, 0.15) is 39.7 Å². The molecule has 7 nitrogen and oxygen atoms in total. The lowest BCUT2D eigenvalue weighted by Gasteiger charge is -2.25. The van der Waals surface area contributed by atoms with Crippen LogP contribution in [0.3, 0.4) is 0 Å². The molecule has 0 radical (unpaired) electrons. The molecular weight excluding hydrogens is 348 g/mol. The molecule has 0 saturated carbocycles. The Bertz CT molecular complexity index is 621. The molecule has 1 aromatic carbocycles. The number of ether oxygens (including phenoxy) is 3. The molecule has 1 atom stereocenters. The largest absolute Gasteiger partial charge is 0.444 e. The van der Waals surface area contributed by atoms with E-state index in [9.17, 15) is 9.59 Å². The summed E-state index contributed by atoms with van der Waals surface area (Å²) in [5, 5.41) is 5.53. The van der Waals surface area contributed by atoms with E-state index in [-0.39, 0.29) is 5.91 Å². The number of hydrogen-bond donors (Lipinski definition) is 2. The lowest BCUT2D eigenvalue weighted by molar-refractivity contribution is -0.146. The molecule has 1 saturated heterocycles. The van der Waals surface area contributed by atoms with Gasteiger partial charge >= 0.3 is 6.09 Å². The van der Waals surface area contributed by atoms with E-state index in [0.717, 1.165) is 5.56 Å². The van der Waals surface area contributed by atoms with Gasteiger partial charge < -0.3 is 24.8 Å². The number of carbonyl (C=O) groups excluding carboxylic acids is 2. The SMILES string of the molecule is CC(C)(C)OC(=O)NC(Cc1ccccc1)C(=O)NCCC1(C)OCCO1. The van der Waals surface area contributed by atoms with Crippen LogP contribution in [-0.2, 0) is 25.4 Å². The molecule has 7 heteroatoms. The summed E-state index contributed by atoms with van der Waals surface area (Å²) in [5.41, 5.74) is 0.312. The fraction of sp³-hybridized carbons (Fsp3) is 0.600. The molecule has 1 fully saturated rings. The fourth-order valence-electron chi connectivity index (χ4n) is 2.75. The Morgan fingerprint density at radius 1 is 1.19 bits per heavy atom. The third-order valence-electron chi connectivity index (χ3n) is 4.07. The van der Waals surface area contributed by atoms with Gasteiger partial charge in [0, 0.05) is 19.4 Å². The molecule has 0 bridgehead atoms. The smallest absolute Gasteiger partial charge is 0.408 e. The predicted molar refractivity (Wildman–Crippen MR) is 101 cm³/mol. The molecule has 2 amide bonds. The van der Waals surface area contributed by atoms with Crippen molar-refractivity contribution >= 4 is 12.0 Å². The zero-order valence-electron chi connectivity index (χ0n) is 16.5. The fourth-order valence-corrected chi connectivity index (χ4v) is 2.75. The molecule has 27 heavy (non-hydrogen) atoms. The summed E-state index contributed by atoms with van der Waals surface area (Å²) in [4.78, 5) is 24.8. The van der Waals surface area contributed by atoms with Crippen LogP contribution in [0, 0.1) is 0 Å². The van der Waals surface area contributed by atoms with E-state index in [1.54, 1.807) is 20.8 Å². The second-order valence-electron chi connectivity index (χ2n) is 7.76. The zero-order valence-corrected chi connectivity index (χ0v) is 16.5. The van der Waals surface area contributed by atoms with Crippen molar-refractivity contribution in [2.45, 2.75) is 58.0 Å². The summed E-state index contributed by atoms with van der Waals surface area (Å²) < 4.78 is 16.4. The molecule has 0 aromatic heterocycles.